The molecule has 16 heavy (non-hydrogen) atoms. The maximum atomic E-state index is 12.1. The Balaban J connectivity index is 1.58. The lowest BCUT2D eigenvalue weighted by atomic mass is 10.0. The summed E-state index contributed by atoms with van der Waals surface area (Å²) in [6.07, 6.45) is 4.03. The van der Waals surface area contributed by atoms with Gasteiger partial charge in [-0.15, -0.1) is 0 Å². The van der Waals surface area contributed by atoms with Crippen molar-refractivity contribution in [3.05, 3.63) is 0 Å². The Bertz CT molecular complexity index is 328. The molecule has 1 aliphatic carbocycles. The zero-order chi connectivity index (χ0) is 10.9. The molecule has 2 bridgehead atoms. The molecule has 4 heteroatoms. The molecule has 4 aliphatic rings. The van der Waals surface area contributed by atoms with Crippen LogP contribution in [0.25, 0.3) is 0 Å². The number of carbonyl (C=O) groups is 1. The van der Waals surface area contributed by atoms with Gasteiger partial charge in [-0.25, -0.2) is 0 Å². The number of morpholine rings is 1. The van der Waals surface area contributed by atoms with Crippen molar-refractivity contribution < 1.29 is 9.53 Å². The van der Waals surface area contributed by atoms with Crippen molar-refractivity contribution in [1.29, 1.82) is 0 Å². The van der Waals surface area contributed by atoms with Gasteiger partial charge in [0.05, 0.1) is 24.3 Å². The number of nitrogens with zero attached hydrogens (tertiary/aromatic N) is 2. The van der Waals surface area contributed by atoms with Gasteiger partial charge in [0.2, 0.25) is 5.91 Å². The molecule has 1 saturated carbocycles. The number of fused-ring (bicyclic) bond motifs is 1. The molecule has 4 nitrogen and oxygen atoms in total. The van der Waals surface area contributed by atoms with Crippen molar-refractivity contribution in [2.24, 2.45) is 5.92 Å². The maximum Gasteiger partial charge on any atom is 0.225 e. The highest BCUT2D eigenvalue weighted by atomic mass is 16.5. The minimum Gasteiger partial charge on any atom is -0.370 e. The molecule has 4 rings (SSSR count). The number of amides is 1. The summed E-state index contributed by atoms with van der Waals surface area (Å²) >= 11 is 0. The smallest absolute Gasteiger partial charge is 0.225 e. The largest absolute Gasteiger partial charge is 0.370 e. The van der Waals surface area contributed by atoms with Gasteiger partial charge in [0, 0.05) is 26.1 Å². The number of hydrogen-bond donors (Lipinski definition) is 0. The zero-order valence-corrected chi connectivity index (χ0v) is 9.63. The van der Waals surface area contributed by atoms with Crippen LogP contribution in [-0.2, 0) is 9.53 Å². The molecule has 3 heterocycles. The van der Waals surface area contributed by atoms with Crippen LogP contribution in [0.4, 0.5) is 0 Å². The van der Waals surface area contributed by atoms with Crippen LogP contribution in [0.5, 0.6) is 0 Å². The minimum absolute atomic E-state index is 0.283. The van der Waals surface area contributed by atoms with Crippen LogP contribution in [0.2, 0.25) is 0 Å². The van der Waals surface area contributed by atoms with Gasteiger partial charge in [0.1, 0.15) is 0 Å². The topological polar surface area (TPSA) is 32.8 Å². The van der Waals surface area contributed by atoms with E-state index < -0.39 is 0 Å². The molecule has 0 aromatic heterocycles. The fourth-order valence-electron chi connectivity index (χ4n) is 3.80. The highest BCUT2D eigenvalue weighted by molar-refractivity contribution is 5.81. The molecule has 3 saturated heterocycles. The van der Waals surface area contributed by atoms with E-state index in [-0.39, 0.29) is 6.10 Å². The van der Waals surface area contributed by atoms with E-state index in [2.05, 4.69) is 4.90 Å². The first kappa shape index (κ1) is 9.42. The van der Waals surface area contributed by atoms with E-state index in [9.17, 15) is 4.79 Å². The highest BCUT2D eigenvalue weighted by Crippen LogP contribution is 2.43. The molecule has 88 valence electrons. The van der Waals surface area contributed by atoms with Crippen LogP contribution in [0, 0.1) is 5.92 Å². The Kier molecular flexibility index (Phi) is 1.76. The summed E-state index contributed by atoms with van der Waals surface area (Å²) in [5.41, 5.74) is 0. The number of rotatable bonds is 2. The number of carbonyl (C=O) groups excluding carboxylic acids is 1. The van der Waals surface area contributed by atoms with Gasteiger partial charge >= 0.3 is 0 Å². The minimum atomic E-state index is 0.283. The normalized spacial score (nSPS) is 45.3. The fourth-order valence-corrected chi connectivity index (χ4v) is 3.80. The summed E-state index contributed by atoms with van der Waals surface area (Å²) in [5, 5.41) is 0. The first-order valence-corrected chi connectivity index (χ1v) is 6.42. The van der Waals surface area contributed by atoms with Gasteiger partial charge in [-0.3, -0.25) is 9.69 Å². The Hall–Kier alpha value is -0.610. The molecule has 1 amide bonds. The Morgan fingerprint density at radius 1 is 1.31 bits per heavy atom. The molecule has 3 aliphatic heterocycles. The van der Waals surface area contributed by atoms with E-state index in [4.69, 9.17) is 4.74 Å². The molecule has 0 N–H and O–H groups in total. The summed E-state index contributed by atoms with van der Waals surface area (Å²) in [6, 6.07) is 0.832. The molecule has 1 unspecified atom stereocenters. The van der Waals surface area contributed by atoms with Crippen molar-refractivity contribution in [3.8, 4) is 0 Å². The summed E-state index contributed by atoms with van der Waals surface area (Å²) in [5.74, 6) is 0.686. The van der Waals surface area contributed by atoms with Gasteiger partial charge in [-0.05, 0) is 19.3 Å². The standard InChI is InChI=1S/C12H18N2O2/c1-13(12(15)7-2-3-7)10-9-6-14-5-4-8(16-9)11(10)14/h7-11H,2-6H2,1H3/t8-,9+,10-,11?/m1/s1. The van der Waals surface area contributed by atoms with Crippen LogP contribution in [0.3, 0.4) is 0 Å². The predicted molar refractivity (Wildman–Crippen MR) is 57.9 cm³/mol. The van der Waals surface area contributed by atoms with Crippen molar-refractivity contribution in [3.63, 3.8) is 0 Å². The van der Waals surface area contributed by atoms with Crippen LogP contribution in [-0.4, -0.2) is 60.1 Å². The number of ether oxygens (including phenoxy) is 1. The lowest BCUT2D eigenvalue weighted by Crippen LogP contribution is -2.46. The van der Waals surface area contributed by atoms with E-state index in [1.165, 1.54) is 0 Å². The molecule has 0 radical (unpaired) electrons. The van der Waals surface area contributed by atoms with Crippen molar-refractivity contribution >= 4 is 5.91 Å². The van der Waals surface area contributed by atoms with Gasteiger partial charge in [-0.2, -0.15) is 0 Å². The second kappa shape index (κ2) is 2.99. The monoisotopic (exact) mass is 222 g/mol. The Morgan fingerprint density at radius 3 is 2.81 bits per heavy atom. The van der Waals surface area contributed by atoms with Gasteiger partial charge in [0.25, 0.3) is 0 Å². The first-order chi connectivity index (χ1) is 7.75. The highest BCUT2D eigenvalue weighted by Gasteiger charge is 2.59. The number of likely N-dealkylation sites (N-methyl/N-ethyl adjacent to an activating group) is 1. The zero-order valence-electron chi connectivity index (χ0n) is 9.63. The third-order valence-corrected chi connectivity index (χ3v) is 4.72. The van der Waals surface area contributed by atoms with Gasteiger partial charge < -0.3 is 9.64 Å². The van der Waals surface area contributed by atoms with Crippen molar-refractivity contribution in [2.45, 2.75) is 43.6 Å². The summed E-state index contributed by atoms with van der Waals surface area (Å²) < 4.78 is 6.00. The molecular formula is C12H18N2O2. The van der Waals surface area contributed by atoms with Crippen LogP contribution in [0.15, 0.2) is 0 Å². The van der Waals surface area contributed by atoms with E-state index in [1.54, 1.807) is 0 Å². The van der Waals surface area contributed by atoms with Gasteiger partial charge in [-0.1, -0.05) is 0 Å². The third kappa shape index (κ3) is 1.09. The molecular weight excluding hydrogens is 204 g/mol. The van der Waals surface area contributed by atoms with Gasteiger partial charge in [0.15, 0.2) is 0 Å². The number of hydrogen-bond acceptors (Lipinski definition) is 3. The van der Waals surface area contributed by atoms with Crippen LogP contribution >= 0.6 is 0 Å². The molecule has 4 fully saturated rings. The van der Waals surface area contributed by atoms with E-state index >= 15 is 0 Å². The average Bonchev–Trinajstić information content (AvgIpc) is 2.92. The lowest BCUT2D eigenvalue weighted by Gasteiger charge is -2.27. The summed E-state index contributed by atoms with van der Waals surface area (Å²) in [4.78, 5) is 16.6. The fraction of sp³-hybridized carbons (Fsp3) is 0.917. The second-order valence-electron chi connectivity index (χ2n) is 5.70. The average molecular weight is 222 g/mol. The first-order valence-electron chi connectivity index (χ1n) is 6.42. The molecule has 0 aromatic rings. The summed E-state index contributed by atoms with van der Waals surface area (Å²) in [7, 11) is 1.98. The van der Waals surface area contributed by atoms with Crippen molar-refractivity contribution in [1.82, 2.24) is 9.80 Å². The molecule has 0 spiro atoms. The Labute approximate surface area is 95.5 Å². The van der Waals surface area contributed by atoms with E-state index in [0.717, 1.165) is 32.4 Å². The maximum absolute atomic E-state index is 12.1. The molecule has 4 atom stereocenters. The van der Waals surface area contributed by atoms with Crippen molar-refractivity contribution in [2.75, 3.05) is 20.1 Å². The van der Waals surface area contributed by atoms with Crippen LogP contribution in [0.1, 0.15) is 19.3 Å². The lowest BCUT2D eigenvalue weighted by molar-refractivity contribution is -0.134. The Morgan fingerprint density at radius 2 is 2.12 bits per heavy atom. The SMILES string of the molecule is CN(C(=O)C1CC1)[C@H]1C2[C@H]3CCN2C[C@@H]1O3. The quantitative estimate of drug-likeness (QED) is 0.663. The van der Waals surface area contributed by atoms with E-state index in [0.29, 0.717) is 30.0 Å². The van der Waals surface area contributed by atoms with Crippen LogP contribution < -0.4 is 0 Å². The predicted octanol–water partition coefficient (Wildman–Crippen LogP) is 0.0787. The van der Waals surface area contributed by atoms with E-state index in [1.807, 2.05) is 11.9 Å². The third-order valence-electron chi connectivity index (χ3n) is 4.72. The summed E-state index contributed by atoms with van der Waals surface area (Å²) in [6.45, 7) is 2.20. The second-order valence-corrected chi connectivity index (χ2v) is 5.70. The molecule has 0 aromatic carbocycles.